The van der Waals surface area contributed by atoms with Gasteiger partial charge in [-0.2, -0.15) is 5.10 Å². The Morgan fingerprint density at radius 2 is 2.29 bits per heavy atom. The number of anilines is 1. The minimum absolute atomic E-state index is 0.131. The standard InChI is InChI=1S/C9H16N4O/c1-6(2)8(10)9(14)12-7-4-11-13(3)5-7/h4-6,8H,10H2,1-3H3,(H,12,14)/t8-/m1/s1. The first-order chi connectivity index (χ1) is 6.50. The number of aryl methyl sites for hydroxylation is 1. The van der Waals surface area contributed by atoms with Crippen LogP contribution in [0.5, 0.6) is 0 Å². The van der Waals surface area contributed by atoms with Crippen LogP contribution >= 0.6 is 0 Å². The Hall–Kier alpha value is -1.36. The van der Waals surface area contributed by atoms with Crippen LogP contribution < -0.4 is 11.1 Å². The molecule has 0 aliphatic rings. The molecule has 0 bridgehead atoms. The third kappa shape index (κ3) is 2.56. The fourth-order valence-corrected chi connectivity index (χ4v) is 1.01. The molecule has 1 amide bonds. The maximum absolute atomic E-state index is 11.5. The average Bonchev–Trinajstić information content (AvgIpc) is 2.49. The number of nitrogens with zero attached hydrogens (tertiary/aromatic N) is 2. The summed E-state index contributed by atoms with van der Waals surface area (Å²) >= 11 is 0. The van der Waals surface area contributed by atoms with Gasteiger partial charge in [0.05, 0.1) is 17.9 Å². The first kappa shape index (κ1) is 10.7. The van der Waals surface area contributed by atoms with Crippen molar-refractivity contribution < 1.29 is 4.79 Å². The molecule has 0 fully saturated rings. The second-order valence-electron chi connectivity index (χ2n) is 3.66. The lowest BCUT2D eigenvalue weighted by Crippen LogP contribution is -2.39. The summed E-state index contributed by atoms with van der Waals surface area (Å²) in [5.74, 6) is -0.0420. The number of hydrogen-bond donors (Lipinski definition) is 2. The highest BCUT2D eigenvalue weighted by Crippen LogP contribution is 2.06. The Bertz CT molecular complexity index is 318. The molecule has 0 radical (unpaired) electrons. The van der Waals surface area contributed by atoms with E-state index in [9.17, 15) is 4.79 Å². The summed E-state index contributed by atoms with van der Waals surface area (Å²) in [6.07, 6.45) is 3.32. The second-order valence-corrected chi connectivity index (χ2v) is 3.66. The van der Waals surface area contributed by atoms with Crippen LogP contribution in [-0.4, -0.2) is 21.7 Å². The zero-order chi connectivity index (χ0) is 10.7. The van der Waals surface area contributed by atoms with Crippen molar-refractivity contribution in [2.45, 2.75) is 19.9 Å². The van der Waals surface area contributed by atoms with E-state index in [-0.39, 0.29) is 11.8 Å². The quantitative estimate of drug-likeness (QED) is 0.732. The molecule has 0 saturated carbocycles. The van der Waals surface area contributed by atoms with Crippen LogP contribution in [0.25, 0.3) is 0 Å². The van der Waals surface area contributed by atoms with E-state index in [1.54, 1.807) is 24.1 Å². The van der Waals surface area contributed by atoms with Crippen molar-refractivity contribution in [2.75, 3.05) is 5.32 Å². The third-order valence-electron chi connectivity index (χ3n) is 1.99. The maximum Gasteiger partial charge on any atom is 0.241 e. The first-order valence-electron chi connectivity index (χ1n) is 4.56. The zero-order valence-electron chi connectivity index (χ0n) is 8.69. The van der Waals surface area contributed by atoms with Gasteiger partial charge in [0.15, 0.2) is 0 Å². The molecule has 1 aromatic heterocycles. The Morgan fingerprint density at radius 3 is 2.71 bits per heavy atom. The molecule has 1 atom stereocenters. The molecule has 5 heteroatoms. The van der Waals surface area contributed by atoms with Gasteiger partial charge in [0.1, 0.15) is 0 Å². The van der Waals surface area contributed by atoms with Gasteiger partial charge in [0.25, 0.3) is 0 Å². The van der Waals surface area contributed by atoms with E-state index in [1.807, 2.05) is 13.8 Å². The van der Waals surface area contributed by atoms with E-state index in [0.717, 1.165) is 0 Å². The van der Waals surface area contributed by atoms with E-state index >= 15 is 0 Å². The number of aromatic nitrogens is 2. The number of nitrogens with one attached hydrogen (secondary N) is 1. The van der Waals surface area contributed by atoms with Gasteiger partial charge in [0, 0.05) is 13.2 Å². The fraction of sp³-hybridized carbons (Fsp3) is 0.556. The van der Waals surface area contributed by atoms with Crippen molar-refractivity contribution in [1.82, 2.24) is 9.78 Å². The highest BCUT2D eigenvalue weighted by Gasteiger charge is 2.17. The van der Waals surface area contributed by atoms with Crippen LogP contribution in [0, 0.1) is 5.92 Å². The summed E-state index contributed by atoms with van der Waals surface area (Å²) in [4.78, 5) is 11.5. The molecule has 14 heavy (non-hydrogen) atoms. The minimum atomic E-state index is -0.477. The molecule has 0 saturated heterocycles. The second kappa shape index (κ2) is 4.23. The zero-order valence-corrected chi connectivity index (χ0v) is 8.69. The Labute approximate surface area is 83.3 Å². The molecule has 78 valence electrons. The van der Waals surface area contributed by atoms with Gasteiger partial charge in [-0.25, -0.2) is 0 Å². The van der Waals surface area contributed by atoms with Crippen molar-refractivity contribution in [3.63, 3.8) is 0 Å². The number of nitrogens with two attached hydrogens (primary N) is 1. The van der Waals surface area contributed by atoms with Crippen molar-refractivity contribution in [1.29, 1.82) is 0 Å². The summed E-state index contributed by atoms with van der Waals surface area (Å²) in [5, 5.41) is 6.63. The van der Waals surface area contributed by atoms with Gasteiger partial charge in [-0.3, -0.25) is 9.48 Å². The van der Waals surface area contributed by atoms with Gasteiger partial charge in [-0.05, 0) is 5.92 Å². The summed E-state index contributed by atoms with van der Waals surface area (Å²) in [7, 11) is 1.79. The van der Waals surface area contributed by atoms with Crippen molar-refractivity contribution in [2.24, 2.45) is 18.7 Å². The number of rotatable bonds is 3. The summed E-state index contributed by atoms with van der Waals surface area (Å²) < 4.78 is 1.62. The molecule has 1 rings (SSSR count). The number of carbonyl (C=O) groups is 1. The molecule has 1 aromatic rings. The SMILES string of the molecule is CC(C)[C@@H](N)C(=O)Nc1cnn(C)c1. The molecule has 0 aromatic carbocycles. The van der Waals surface area contributed by atoms with Gasteiger partial charge in [-0.15, -0.1) is 0 Å². The molecule has 1 heterocycles. The van der Waals surface area contributed by atoms with E-state index < -0.39 is 6.04 Å². The number of carbonyl (C=O) groups excluding carboxylic acids is 1. The molecular weight excluding hydrogens is 180 g/mol. The molecule has 5 nitrogen and oxygen atoms in total. The largest absolute Gasteiger partial charge is 0.322 e. The van der Waals surface area contributed by atoms with Gasteiger partial charge in [0.2, 0.25) is 5.91 Å². The van der Waals surface area contributed by atoms with Crippen molar-refractivity contribution in [3.05, 3.63) is 12.4 Å². The summed E-state index contributed by atoms with van der Waals surface area (Å²) in [5.41, 5.74) is 6.35. The van der Waals surface area contributed by atoms with Gasteiger partial charge >= 0.3 is 0 Å². The Kier molecular flexibility index (Phi) is 3.24. The molecular formula is C9H16N4O. The highest BCUT2D eigenvalue weighted by molar-refractivity contribution is 5.94. The van der Waals surface area contributed by atoms with Crippen LogP contribution in [0.15, 0.2) is 12.4 Å². The minimum Gasteiger partial charge on any atom is -0.322 e. The van der Waals surface area contributed by atoms with Gasteiger partial charge in [-0.1, -0.05) is 13.8 Å². The lowest BCUT2D eigenvalue weighted by atomic mass is 10.1. The van der Waals surface area contributed by atoms with E-state index in [0.29, 0.717) is 5.69 Å². The fourth-order valence-electron chi connectivity index (χ4n) is 1.01. The number of hydrogen-bond acceptors (Lipinski definition) is 3. The van der Waals surface area contributed by atoms with E-state index in [4.69, 9.17) is 5.73 Å². The summed E-state index contributed by atoms with van der Waals surface area (Å²) in [6.45, 7) is 3.82. The van der Waals surface area contributed by atoms with E-state index in [2.05, 4.69) is 10.4 Å². The summed E-state index contributed by atoms with van der Waals surface area (Å²) in [6, 6.07) is -0.477. The van der Waals surface area contributed by atoms with Gasteiger partial charge < -0.3 is 11.1 Å². The lowest BCUT2D eigenvalue weighted by molar-refractivity contribution is -0.118. The number of amides is 1. The van der Waals surface area contributed by atoms with Crippen LogP contribution in [0.2, 0.25) is 0 Å². The third-order valence-corrected chi connectivity index (χ3v) is 1.99. The predicted molar refractivity (Wildman–Crippen MR) is 54.7 cm³/mol. The van der Waals surface area contributed by atoms with E-state index in [1.165, 1.54) is 0 Å². The van der Waals surface area contributed by atoms with Crippen LogP contribution in [0.3, 0.4) is 0 Å². The van der Waals surface area contributed by atoms with Crippen LogP contribution in [-0.2, 0) is 11.8 Å². The van der Waals surface area contributed by atoms with Crippen molar-refractivity contribution in [3.8, 4) is 0 Å². The predicted octanol–water partition coefficient (Wildman–Crippen LogP) is 0.342. The topological polar surface area (TPSA) is 72.9 Å². The molecule has 3 N–H and O–H groups in total. The van der Waals surface area contributed by atoms with Crippen LogP contribution in [0.4, 0.5) is 5.69 Å². The molecule has 0 aliphatic heterocycles. The first-order valence-corrected chi connectivity index (χ1v) is 4.56. The molecule has 0 aliphatic carbocycles. The maximum atomic E-state index is 11.5. The lowest BCUT2D eigenvalue weighted by Gasteiger charge is -2.14. The smallest absolute Gasteiger partial charge is 0.241 e. The average molecular weight is 196 g/mol. The van der Waals surface area contributed by atoms with Crippen molar-refractivity contribution >= 4 is 11.6 Å². The molecule has 0 unspecified atom stereocenters. The Morgan fingerprint density at radius 1 is 1.64 bits per heavy atom. The normalized spacial score (nSPS) is 12.9. The molecule has 0 spiro atoms. The van der Waals surface area contributed by atoms with Crippen LogP contribution in [0.1, 0.15) is 13.8 Å². The monoisotopic (exact) mass is 196 g/mol. The Balaban J connectivity index is 2.57. The highest BCUT2D eigenvalue weighted by atomic mass is 16.2.